The Morgan fingerprint density at radius 2 is 1.71 bits per heavy atom. The zero-order valence-corrected chi connectivity index (χ0v) is 19.5. The van der Waals surface area contributed by atoms with Crippen molar-refractivity contribution in [3.05, 3.63) is 65.1 Å². The van der Waals surface area contributed by atoms with E-state index < -0.39 is 6.04 Å². The van der Waals surface area contributed by atoms with Gasteiger partial charge in [-0.25, -0.2) is 4.68 Å². The first-order valence-corrected chi connectivity index (χ1v) is 10.9. The molecule has 2 aliphatic rings. The van der Waals surface area contributed by atoms with Gasteiger partial charge in [-0.1, -0.05) is 6.07 Å². The molecule has 5 rings (SSSR count). The van der Waals surface area contributed by atoms with Gasteiger partial charge in [0.15, 0.2) is 17.3 Å². The topological polar surface area (TPSA) is 96.7 Å². The summed E-state index contributed by atoms with van der Waals surface area (Å²) >= 11 is 0. The van der Waals surface area contributed by atoms with Crippen LogP contribution >= 0.6 is 0 Å². The lowest BCUT2D eigenvalue weighted by Gasteiger charge is -2.35. The summed E-state index contributed by atoms with van der Waals surface area (Å²) in [6.45, 7) is 0. The molecule has 0 spiro atoms. The molecule has 176 valence electrons. The molecule has 0 amide bonds. The first-order valence-electron chi connectivity index (χ1n) is 10.9. The number of ketones is 1. The van der Waals surface area contributed by atoms with Crippen molar-refractivity contribution in [1.82, 2.24) is 14.8 Å². The second-order valence-electron chi connectivity index (χ2n) is 8.20. The molecular weight excluding hydrogens is 436 g/mol. The fraction of sp³-hybridized carbons (Fsp3) is 0.320. The van der Waals surface area contributed by atoms with E-state index in [2.05, 4.69) is 15.4 Å². The Hall–Kier alpha value is -4.01. The minimum Gasteiger partial charge on any atom is -0.497 e. The van der Waals surface area contributed by atoms with Crippen LogP contribution in [0.4, 0.5) is 5.95 Å². The van der Waals surface area contributed by atoms with Crippen LogP contribution in [0.2, 0.25) is 0 Å². The van der Waals surface area contributed by atoms with Crippen LogP contribution in [0.1, 0.15) is 35.9 Å². The number of fused-ring (bicyclic) bond motifs is 1. The standard InChI is InChI=1S/C25H26N4O5/c1-31-16-6-7-17(21(12-16)33-3)24-23-18(28-25-26-13-27-29(24)25)9-15(10-19(23)30)14-5-8-20(32-2)22(11-14)34-4/h5-8,11-13,15,24H,9-10H2,1-4H3,(H,26,27,28). The molecular formula is C25H26N4O5. The average molecular weight is 463 g/mol. The molecule has 1 N–H and O–H groups in total. The number of hydrogen-bond acceptors (Lipinski definition) is 8. The van der Waals surface area contributed by atoms with Crippen LogP contribution in [-0.4, -0.2) is 49.0 Å². The second-order valence-corrected chi connectivity index (χ2v) is 8.20. The van der Waals surface area contributed by atoms with E-state index in [0.29, 0.717) is 47.4 Å². The Kier molecular flexibility index (Phi) is 5.61. The Bertz CT molecular complexity index is 1280. The van der Waals surface area contributed by atoms with Gasteiger partial charge in [0.25, 0.3) is 0 Å². The van der Waals surface area contributed by atoms with E-state index in [1.165, 1.54) is 6.33 Å². The Labute approximate surface area is 197 Å². The van der Waals surface area contributed by atoms with E-state index in [1.807, 2.05) is 36.4 Å². The van der Waals surface area contributed by atoms with Gasteiger partial charge < -0.3 is 24.3 Å². The van der Waals surface area contributed by atoms with Gasteiger partial charge in [0, 0.05) is 29.3 Å². The van der Waals surface area contributed by atoms with Crippen molar-refractivity contribution in [3.8, 4) is 23.0 Å². The monoisotopic (exact) mass is 462 g/mol. The van der Waals surface area contributed by atoms with Gasteiger partial charge in [0.2, 0.25) is 5.95 Å². The summed E-state index contributed by atoms with van der Waals surface area (Å²) in [5, 5.41) is 7.76. The largest absolute Gasteiger partial charge is 0.497 e. The third kappa shape index (κ3) is 3.53. The molecule has 2 unspecified atom stereocenters. The van der Waals surface area contributed by atoms with Gasteiger partial charge in [0.1, 0.15) is 23.9 Å². The zero-order chi connectivity index (χ0) is 23.8. The highest BCUT2D eigenvalue weighted by atomic mass is 16.5. The van der Waals surface area contributed by atoms with E-state index in [1.54, 1.807) is 33.1 Å². The Morgan fingerprint density at radius 1 is 0.912 bits per heavy atom. The minimum atomic E-state index is -0.451. The number of Topliss-reactive ketones (excluding diaryl/α,β-unsaturated/α-hetero) is 1. The molecule has 2 atom stereocenters. The van der Waals surface area contributed by atoms with Crippen molar-refractivity contribution in [1.29, 1.82) is 0 Å². The summed E-state index contributed by atoms with van der Waals surface area (Å²) < 4.78 is 23.6. The SMILES string of the molecule is COc1ccc(C2C3=C(CC(c4ccc(OC)c(OC)c4)CC3=O)Nc3ncnn32)c(OC)c1. The van der Waals surface area contributed by atoms with Crippen LogP contribution in [0.3, 0.4) is 0 Å². The number of nitrogens with one attached hydrogen (secondary N) is 1. The van der Waals surface area contributed by atoms with Gasteiger partial charge in [-0.2, -0.15) is 10.1 Å². The smallest absolute Gasteiger partial charge is 0.226 e. The maximum Gasteiger partial charge on any atom is 0.226 e. The fourth-order valence-corrected chi connectivity index (χ4v) is 4.83. The lowest BCUT2D eigenvalue weighted by molar-refractivity contribution is -0.116. The summed E-state index contributed by atoms with van der Waals surface area (Å²) in [5.41, 5.74) is 3.37. The number of nitrogens with zero attached hydrogens (tertiary/aromatic N) is 3. The molecule has 0 radical (unpaired) electrons. The van der Waals surface area contributed by atoms with Gasteiger partial charge in [-0.05, 0) is 42.2 Å². The number of hydrogen-bond donors (Lipinski definition) is 1. The maximum atomic E-state index is 13.6. The number of allylic oxidation sites excluding steroid dienone is 2. The highest BCUT2D eigenvalue weighted by Gasteiger charge is 2.40. The molecule has 2 aromatic carbocycles. The van der Waals surface area contributed by atoms with Gasteiger partial charge in [0.05, 0.1) is 28.4 Å². The second kappa shape index (κ2) is 8.74. The van der Waals surface area contributed by atoms with E-state index in [-0.39, 0.29) is 11.7 Å². The molecule has 9 nitrogen and oxygen atoms in total. The summed E-state index contributed by atoms with van der Waals surface area (Å²) in [6.07, 6.45) is 2.51. The number of ether oxygens (including phenoxy) is 4. The number of carbonyl (C=O) groups excluding carboxylic acids is 1. The summed E-state index contributed by atoms with van der Waals surface area (Å²) in [4.78, 5) is 18.0. The highest BCUT2D eigenvalue weighted by molar-refractivity contribution is 6.00. The molecule has 3 aromatic rings. The van der Waals surface area contributed by atoms with E-state index in [9.17, 15) is 4.79 Å². The van der Waals surface area contributed by atoms with E-state index in [4.69, 9.17) is 18.9 Å². The van der Waals surface area contributed by atoms with E-state index in [0.717, 1.165) is 16.8 Å². The molecule has 0 saturated heterocycles. The van der Waals surface area contributed by atoms with Crippen molar-refractivity contribution in [3.63, 3.8) is 0 Å². The number of methoxy groups -OCH3 is 4. The first kappa shape index (κ1) is 21.8. The van der Waals surface area contributed by atoms with Crippen molar-refractivity contribution >= 4 is 11.7 Å². The molecule has 1 aromatic heterocycles. The third-order valence-corrected chi connectivity index (χ3v) is 6.48. The van der Waals surface area contributed by atoms with Crippen LogP contribution < -0.4 is 24.3 Å². The van der Waals surface area contributed by atoms with Crippen LogP contribution in [0, 0.1) is 0 Å². The third-order valence-electron chi connectivity index (χ3n) is 6.48. The van der Waals surface area contributed by atoms with Gasteiger partial charge in [-0.15, -0.1) is 0 Å². The molecule has 34 heavy (non-hydrogen) atoms. The molecule has 0 saturated carbocycles. The quantitative estimate of drug-likeness (QED) is 0.592. The van der Waals surface area contributed by atoms with Crippen LogP contribution in [0.15, 0.2) is 54.0 Å². The molecule has 0 bridgehead atoms. The number of benzene rings is 2. The van der Waals surface area contributed by atoms with Crippen molar-refractivity contribution < 1.29 is 23.7 Å². The molecule has 0 fully saturated rings. The van der Waals surface area contributed by atoms with Crippen molar-refractivity contribution in [2.45, 2.75) is 24.8 Å². The fourth-order valence-electron chi connectivity index (χ4n) is 4.83. The summed E-state index contributed by atoms with van der Waals surface area (Å²) in [5.74, 6) is 3.22. The van der Waals surface area contributed by atoms with Gasteiger partial charge in [-0.3, -0.25) is 4.79 Å². The Balaban J connectivity index is 1.58. The number of anilines is 1. The molecule has 9 heteroatoms. The number of rotatable bonds is 6. The summed E-state index contributed by atoms with van der Waals surface area (Å²) in [7, 11) is 6.42. The number of aromatic nitrogens is 3. The summed E-state index contributed by atoms with van der Waals surface area (Å²) in [6, 6.07) is 10.9. The molecule has 1 aliphatic carbocycles. The average Bonchev–Trinajstić information content (AvgIpc) is 3.34. The predicted octanol–water partition coefficient (Wildman–Crippen LogP) is 3.73. The minimum absolute atomic E-state index is 0.00793. The van der Waals surface area contributed by atoms with Crippen LogP contribution in [0.5, 0.6) is 23.0 Å². The first-order chi connectivity index (χ1) is 16.6. The molecule has 1 aliphatic heterocycles. The Morgan fingerprint density at radius 3 is 2.44 bits per heavy atom. The maximum absolute atomic E-state index is 13.6. The van der Waals surface area contributed by atoms with Crippen molar-refractivity contribution in [2.75, 3.05) is 33.8 Å². The predicted molar refractivity (Wildman–Crippen MR) is 125 cm³/mol. The van der Waals surface area contributed by atoms with Crippen LogP contribution in [0.25, 0.3) is 0 Å². The number of carbonyl (C=O) groups is 1. The lowest BCUT2D eigenvalue weighted by Crippen LogP contribution is -2.33. The van der Waals surface area contributed by atoms with Crippen LogP contribution in [-0.2, 0) is 4.79 Å². The molecule has 2 heterocycles. The van der Waals surface area contributed by atoms with Crippen molar-refractivity contribution in [2.24, 2.45) is 0 Å². The highest BCUT2D eigenvalue weighted by Crippen LogP contribution is 2.46. The lowest BCUT2D eigenvalue weighted by atomic mass is 9.77. The van der Waals surface area contributed by atoms with E-state index >= 15 is 0 Å². The van der Waals surface area contributed by atoms with Gasteiger partial charge >= 0.3 is 0 Å². The zero-order valence-electron chi connectivity index (χ0n) is 19.5. The normalized spacial score (nSPS) is 19.1.